The molecule has 4 aromatic rings. The molecule has 0 saturated heterocycles. The number of imidazole rings is 1. The van der Waals surface area contributed by atoms with Crippen LogP contribution in [0.1, 0.15) is 23.1 Å². The van der Waals surface area contributed by atoms with E-state index in [2.05, 4.69) is 20.6 Å². The fourth-order valence-electron chi connectivity index (χ4n) is 2.87. The Morgan fingerprint density at radius 1 is 1.18 bits per heavy atom. The topological polar surface area (TPSA) is 86.9 Å². The molecule has 2 aromatic carbocycles. The van der Waals surface area contributed by atoms with E-state index in [0.717, 1.165) is 17.9 Å². The van der Waals surface area contributed by atoms with Crippen LogP contribution in [0.3, 0.4) is 0 Å². The molecule has 28 heavy (non-hydrogen) atoms. The molecule has 0 spiro atoms. The highest BCUT2D eigenvalue weighted by Crippen LogP contribution is 2.19. The summed E-state index contributed by atoms with van der Waals surface area (Å²) in [6.07, 6.45) is 3.61. The van der Waals surface area contributed by atoms with Crippen LogP contribution >= 0.6 is 0 Å². The summed E-state index contributed by atoms with van der Waals surface area (Å²) in [6, 6.07) is 12.6. The molecule has 1 N–H and O–H groups in total. The van der Waals surface area contributed by atoms with Crippen molar-refractivity contribution in [1.29, 1.82) is 0 Å². The van der Waals surface area contributed by atoms with Gasteiger partial charge in [-0.1, -0.05) is 5.21 Å². The van der Waals surface area contributed by atoms with Crippen molar-refractivity contribution in [2.75, 3.05) is 5.32 Å². The molecule has 2 heterocycles. The Morgan fingerprint density at radius 3 is 2.71 bits per heavy atom. The molecule has 4 rings (SSSR count). The van der Waals surface area contributed by atoms with Crippen LogP contribution in [0, 0.1) is 0 Å². The van der Waals surface area contributed by atoms with Gasteiger partial charge in [0.05, 0.1) is 5.52 Å². The normalized spacial score (nSPS) is 10.9. The first-order valence-corrected chi connectivity index (χ1v) is 8.97. The number of carbonyl (C=O) groups is 1. The van der Waals surface area contributed by atoms with Gasteiger partial charge >= 0.3 is 0 Å². The number of hydrogen-bond acceptors (Lipinski definition) is 5. The number of amides is 1. The van der Waals surface area contributed by atoms with E-state index in [1.54, 1.807) is 35.1 Å². The van der Waals surface area contributed by atoms with Crippen molar-refractivity contribution < 1.29 is 9.53 Å². The van der Waals surface area contributed by atoms with E-state index < -0.39 is 0 Å². The van der Waals surface area contributed by atoms with E-state index in [9.17, 15) is 4.79 Å². The number of anilines is 1. The molecule has 0 aliphatic rings. The van der Waals surface area contributed by atoms with Gasteiger partial charge in [0, 0.05) is 37.2 Å². The standard InChI is InChI=1S/C20H20N6O2/c1-3-26-18-9-4-14(12-17(18)23-24-26)20(27)22-15-5-7-16(8-6-15)28-13-19-21-10-11-25(19)2/h4-12H,3,13H2,1-2H3,(H,22,27). The SMILES string of the molecule is CCn1nnc2cc(C(=O)Nc3ccc(OCc4nccn4C)cc3)ccc21. The number of fused-ring (bicyclic) bond motifs is 1. The highest BCUT2D eigenvalue weighted by atomic mass is 16.5. The van der Waals surface area contributed by atoms with Crippen molar-refractivity contribution in [2.24, 2.45) is 7.05 Å². The van der Waals surface area contributed by atoms with Crippen LogP contribution in [0.2, 0.25) is 0 Å². The Labute approximate surface area is 161 Å². The number of nitrogens with one attached hydrogen (secondary N) is 1. The van der Waals surface area contributed by atoms with Crippen LogP contribution in [-0.2, 0) is 20.2 Å². The lowest BCUT2D eigenvalue weighted by molar-refractivity contribution is 0.102. The minimum Gasteiger partial charge on any atom is -0.486 e. The van der Waals surface area contributed by atoms with E-state index in [-0.39, 0.29) is 5.91 Å². The van der Waals surface area contributed by atoms with Crippen molar-refractivity contribution in [3.8, 4) is 5.75 Å². The second-order valence-electron chi connectivity index (χ2n) is 6.33. The molecular weight excluding hydrogens is 356 g/mol. The van der Waals surface area contributed by atoms with E-state index in [1.807, 2.05) is 42.9 Å². The predicted octanol–water partition coefficient (Wildman–Crippen LogP) is 3.02. The molecule has 0 radical (unpaired) electrons. The number of ether oxygens (including phenoxy) is 1. The molecule has 2 aromatic heterocycles. The predicted molar refractivity (Wildman–Crippen MR) is 105 cm³/mol. The van der Waals surface area contributed by atoms with Gasteiger partial charge in [0.15, 0.2) is 0 Å². The van der Waals surface area contributed by atoms with E-state index in [1.165, 1.54) is 0 Å². The highest BCUT2D eigenvalue weighted by molar-refractivity contribution is 6.05. The fourth-order valence-corrected chi connectivity index (χ4v) is 2.87. The zero-order valence-electron chi connectivity index (χ0n) is 15.7. The second kappa shape index (κ2) is 7.51. The Hall–Kier alpha value is -3.68. The summed E-state index contributed by atoms with van der Waals surface area (Å²) in [7, 11) is 1.92. The first-order valence-electron chi connectivity index (χ1n) is 8.97. The van der Waals surface area contributed by atoms with Crippen LogP contribution in [0.4, 0.5) is 5.69 Å². The zero-order valence-corrected chi connectivity index (χ0v) is 15.7. The number of aryl methyl sites for hydroxylation is 2. The summed E-state index contributed by atoms with van der Waals surface area (Å²) in [5.74, 6) is 1.35. The maximum Gasteiger partial charge on any atom is 0.255 e. The van der Waals surface area contributed by atoms with Crippen molar-refractivity contribution >= 4 is 22.6 Å². The summed E-state index contributed by atoms with van der Waals surface area (Å²) in [6.45, 7) is 3.11. The summed E-state index contributed by atoms with van der Waals surface area (Å²) in [5, 5.41) is 11.1. The first kappa shape index (κ1) is 17.7. The van der Waals surface area contributed by atoms with Gasteiger partial charge in [-0.25, -0.2) is 9.67 Å². The monoisotopic (exact) mass is 376 g/mol. The second-order valence-corrected chi connectivity index (χ2v) is 6.33. The van der Waals surface area contributed by atoms with Gasteiger partial charge < -0.3 is 14.6 Å². The van der Waals surface area contributed by atoms with Gasteiger partial charge in [0.1, 0.15) is 23.7 Å². The summed E-state index contributed by atoms with van der Waals surface area (Å²) >= 11 is 0. The minimum absolute atomic E-state index is 0.199. The number of aromatic nitrogens is 5. The van der Waals surface area contributed by atoms with Gasteiger partial charge in [0.2, 0.25) is 0 Å². The third-order valence-corrected chi connectivity index (χ3v) is 4.48. The summed E-state index contributed by atoms with van der Waals surface area (Å²) in [5.41, 5.74) is 2.83. The zero-order chi connectivity index (χ0) is 19.5. The van der Waals surface area contributed by atoms with Crippen LogP contribution in [0.25, 0.3) is 11.0 Å². The lowest BCUT2D eigenvalue weighted by Crippen LogP contribution is -2.11. The average molecular weight is 376 g/mol. The van der Waals surface area contributed by atoms with Crippen molar-refractivity contribution in [3.05, 3.63) is 66.2 Å². The number of hydrogen-bond donors (Lipinski definition) is 1. The maximum atomic E-state index is 12.5. The number of benzene rings is 2. The van der Waals surface area contributed by atoms with Crippen LogP contribution in [0.15, 0.2) is 54.9 Å². The lowest BCUT2D eigenvalue weighted by Gasteiger charge is -2.08. The van der Waals surface area contributed by atoms with Crippen LogP contribution in [-0.4, -0.2) is 30.5 Å². The van der Waals surface area contributed by atoms with Crippen LogP contribution in [0.5, 0.6) is 5.75 Å². The first-order chi connectivity index (χ1) is 13.6. The van der Waals surface area contributed by atoms with Crippen molar-refractivity contribution in [1.82, 2.24) is 24.5 Å². The van der Waals surface area contributed by atoms with Gasteiger partial charge in [-0.2, -0.15) is 0 Å². The number of nitrogens with zero attached hydrogens (tertiary/aromatic N) is 5. The molecule has 0 aliphatic heterocycles. The number of rotatable bonds is 6. The summed E-state index contributed by atoms with van der Waals surface area (Å²) in [4.78, 5) is 16.7. The molecule has 0 saturated carbocycles. The van der Waals surface area contributed by atoms with Crippen molar-refractivity contribution in [2.45, 2.75) is 20.1 Å². The van der Waals surface area contributed by atoms with Gasteiger partial charge in [-0.3, -0.25) is 4.79 Å². The molecule has 0 bridgehead atoms. The highest BCUT2D eigenvalue weighted by Gasteiger charge is 2.10. The van der Waals surface area contributed by atoms with E-state index in [4.69, 9.17) is 4.74 Å². The molecule has 0 aliphatic carbocycles. The van der Waals surface area contributed by atoms with E-state index in [0.29, 0.717) is 29.1 Å². The fraction of sp³-hybridized carbons (Fsp3) is 0.200. The maximum absolute atomic E-state index is 12.5. The van der Waals surface area contributed by atoms with E-state index >= 15 is 0 Å². The van der Waals surface area contributed by atoms with Gasteiger partial charge in [-0.15, -0.1) is 5.10 Å². The quantitative estimate of drug-likeness (QED) is 0.559. The Morgan fingerprint density at radius 2 is 2.00 bits per heavy atom. The molecule has 1 amide bonds. The average Bonchev–Trinajstić information content (AvgIpc) is 3.32. The molecule has 0 fully saturated rings. The largest absolute Gasteiger partial charge is 0.486 e. The molecule has 142 valence electrons. The third kappa shape index (κ3) is 3.57. The molecule has 0 atom stereocenters. The third-order valence-electron chi connectivity index (χ3n) is 4.48. The minimum atomic E-state index is -0.199. The van der Waals surface area contributed by atoms with Crippen LogP contribution < -0.4 is 10.1 Å². The Bertz CT molecular complexity index is 1110. The summed E-state index contributed by atoms with van der Waals surface area (Å²) < 4.78 is 9.42. The molecule has 8 nitrogen and oxygen atoms in total. The van der Waals surface area contributed by atoms with Crippen molar-refractivity contribution in [3.63, 3.8) is 0 Å². The molecule has 8 heteroatoms. The van der Waals surface area contributed by atoms with Gasteiger partial charge in [-0.05, 0) is 49.4 Å². The molecule has 0 unspecified atom stereocenters. The Balaban J connectivity index is 1.41. The lowest BCUT2D eigenvalue weighted by atomic mass is 10.2. The smallest absolute Gasteiger partial charge is 0.255 e. The number of carbonyl (C=O) groups excluding carboxylic acids is 1. The molecular formula is C20H20N6O2. The Kier molecular flexibility index (Phi) is 4.76. The van der Waals surface area contributed by atoms with Gasteiger partial charge in [0.25, 0.3) is 5.91 Å².